The molecule has 16 heavy (non-hydrogen) atoms. The monoisotopic (exact) mass is 216 g/mol. The summed E-state index contributed by atoms with van der Waals surface area (Å²) in [4.78, 5) is 4.00. The summed E-state index contributed by atoms with van der Waals surface area (Å²) in [5, 5.41) is 7.09. The van der Waals surface area contributed by atoms with Crippen molar-refractivity contribution in [2.24, 2.45) is 5.92 Å². The minimum Gasteiger partial charge on any atom is -0.382 e. The van der Waals surface area contributed by atoms with Crippen molar-refractivity contribution in [1.82, 2.24) is 15.2 Å². The van der Waals surface area contributed by atoms with Crippen molar-refractivity contribution in [3.05, 3.63) is 30.2 Å². The first-order valence-corrected chi connectivity index (χ1v) is 5.41. The number of anilines is 1. The zero-order chi connectivity index (χ0) is 11.5. The molecule has 0 saturated heterocycles. The largest absolute Gasteiger partial charge is 0.382 e. The predicted molar refractivity (Wildman–Crippen MR) is 64.8 cm³/mol. The molecule has 0 atom stereocenters. The lowest BCUT2D eigenvalue weighted by Crippen LogP contribution is -1.97. The van der Waals surface area contributed by atoms with Crippen LogP contribution in [0.3, 0.4) is 0 Å². The van der Waals surface area contributed by atoms with Gasteiger partial charge in [0.1, 0.15) is 0 Å². The zero-order valence-electron chi connectivity index (χ0n) is 9.57. The Bertz CT molecular complexity index is 459. The van der Waals surface area contributed by atoms with E-state index in [2.05, 4.69) is 29.0 Å². The van der Waals surface area contributed by atoms with Gasteiger partial charge in [0.2, 0.25) is 0 Å². The number of hydrogen-bond donors (Lipinski definition) is 2. The van der Waals surface area contributed by atoms with E-state index in [4.69, 9.17) is 5.73 Å². The summed E-state index contributed by atoms with van der Waals surface area (Å²) >= 11 is 0. The smallest absolute Gasteiger partial charge is 0.153 e. The molecule has 0 aliphatic heterocycles. The van der Waals surface area contributed by atoms with E-state index in [0.717, 1.165) is 23.2 Å². The number of pyridine rings is 1. The highest BCUT2D eigenvalue weighted by molar-refractivity contribution is 5.75. The molecule has 0 amide bonds. The molecule has 0 spiro atoms. The van der Waals surface area contributed by atoms with Crippen LogP contribution in [-0.4, -0.2) is 15.2 Å². The second-order valence-electron chi connectivity index (χ2n) is 4.30. The third-order valence-electron chi connectivity index (χ3n) is 2.45. The third-order valence-corrected chi connectivity index (χ3v) is 2.45. The van der Waals surface area contributed by atoms with Crippen LogP contribution in [0.15, 0.2) is 24.5 Å². The highest BCUT2D eigenvalue weighted by Crippen LogP contribution is 2.28. The molecule has 3 N–H and O–H groups in total. The number of aromatic nitrogens is 3. The lowest BCUT2D eigenvalue weighted by molar-refractivity contribution is 0.634. The molecule has 0 aliphatic carbocycles. The summed E-state index contributed by atoms with van der Waals surface area (Å²) in [5.74, 6) is 1.13. The number of aromatic amines is 1. The number of rotatable bonds is 3. The molecule has 0 unspecified atom stereocenters. The fraction of sp³-hybridized carbons (Fsp3) is 0.333. The molecule has 2 aromatic rings. The van der Waals surface area contributed by atoms with Gasteiger partial charge in [-0.15, -0.1) is 0 Å². The summed E-state index contributed by atoms with van der Waals surface area (Å²) in [6, 6.07) is 3.90. The Morgan fingerprint density at radius 2 is 2.00 bits per heavy atom. The molecule has 0 fully saturated rings. The van der Waals surface area contributed by atoms with Crippen molar-refractivity contribution in [2.45, 2.75) is 20.3 Å². The van der Waals surface area contributed by atoms with Crippen LogP contribution in [0.1, 0.15) is 19.5 Å². The first-order chi connectivity index (χ1) is 7.68. The van der Waals surface area contributed by atoms with Crippen molar-refractivity contribution in [3.8, 4) is 11.1 Å². The first-order valence-electron chi connectivity index (χ1n) is 5.41. The number of nitrogens with two attached hydrogens (primary N) is 1. The van der Waals surface area contributed by atoms with Gasteiger partial charge >= 0.3 is 0 Å². The highest BCUT2D eigenvalue weighted by Gasteiger charge is 2.13. The van der Waals surface area contributed by atoms with E-state index < -0.39 is 0 Å². The summed E-state index contributed by atoms with van der Waals surface area (Å²) in [7, 11) is 0. The maximum absolute atomic E-state index is 5.89. The first kappa shape index (κ1) is 10.7. The molecule has 0 aromatic carbocycles. The summed E-state index contributed by atoms with van der Waals surface area (Å²) in [6.07, 6.45) is 4.48. The van der Waals surface area contributed by atoms with E-state index in [1.165, 1.54) is 0 Å². The van der Waals surface area contributed by atoms with Crippen LogP contribution < -0.4 is 5.73 Å². The second kappa shape index (κ2) is 4.35. The SMILES string of the molecule is CC(C)Cc1[nH]nc(N)c1-c1ccncc1. The molecule has 84 valence electrons. The van der Waals surface area contributed by atoms with Crippen molar-refractivity contribution in [3.63, 3.8) is 0 Å². The van der Waals surface area contributed by atoms with Crippen LogP contribution in [0, 0.1) is 5.92 Å². The fourth-order valence-electron chi connectivity index (χ4n) is 1.79. The molecule has 2 heterocycles. The number of nitrogens with one attached hydrogen (secondary N) is 1. The number of hydrogen-bond acceptors (Lipinski definition) is 3. The standard InChI is InChI=1S/C12H16N4/c1-8(2)7-10-11(12(13)16-15-10)9-3-5-14-6-4-9/h3-6,8H,7H2,1-2H3,(H3,13,15,16). The topological polar surface area (TPSA) is 67.6 Å². The van der Waals surface area contributed by atoms with E-state index in [-0.39, 0.29) is 0 Å². The van der Waals surface area contributed by atoms with Crippen molar-refractivity contribution in [2.75, 3.05) is 5.73 Å². The number of nitrogen functional groups attached to an aromatic ring is 1. The van der Waals surface area contributed by atoms with Gasteiger partial charge in [-0.3, -0.25) is 10.1 Å². The molecule has 2 aromatic heterocycles. The van der Waals surface area contributed by atoms with Crippen LogP contribution in [0.4, 0.5) is 5.82 Å². The van der Waals surface area contributed by atoms with E-state index in [1.807, 2.05) is 12.1 Å². The van der Waals surface area contributed by atoms with Crippen LogP contribution in [0.5, 0.6) is 0 Å². The Morgan fingerprint density at radius 3 is 2.62 bits per heavy atom. The Kier molecular flexibility index (Phi) is 2.90. The van der Waals surface area contributed by atoms with Crippen molar-refractivity contribution in [1.29, 1.82) is 0 Å². The van der Waals surface area contributed by atoms with Crippen molar-refractivity contribution >= 4 is 5.82 Å². The Hall–Kier alpha value is -1.84. The van der Waals surface area contributed by atoms with Gasteiger partial charge in [-0.2, -0.15) is 5.10 Å². The van der Waals surface area contributed by atoms with Gasteiger partial charge in [0.25, 0.3) is 0 Å². The van der Waals surface area contributed by atoms with Gasteiger partial charge in [0.15, 0.2) is 5.82 Å². The Morgan fingerprint density at radius 1 is 1.31 bits per heavy atom. The van der Waals surface area contributed by atoms with Crippen molar-refractivity contribution < 1.29 is 0 Å². The predicted octanol–water partition coefficient (Wildman–Crippen LogP) is 2.25. The van der Waals surface area contributed by atoms with E-state index in [0.29, 0.717) is 11.7 Å². The lowest BCUT2D eigenvalue weighted by atomic mass is 10.0. The summed E-state index contributed by atoms with van der Waals surface area (Å²) < 4.78 is 0. The van der Waals surface area contributed by atoms with Crippen LogP contribution in [-0.2, 0) is 6.42 Å². The quantitative estimate of drug-likeness (QED) is 0.826. The van der Waals surface area contributed by atoms with E-state index in [1.54, 1.807) is 12.4 Å². The fourth-order valence-corrected chi connectivity index (χ4v) is 1.79. The van der Waals surface area contributed by atoms with E-state index in [9.17, 15) is 0 Å². The molecule has 0 saturated carbocycles. The molecule has 2 rings (SSSR count). The maximum Gasteiger partial charge on any atom is 0.153 e. The second-order valence-corrected chi connectivity index (χ2v) is 4.30. The molecule has 0 aliphatic rings. The third kappa shape index (κ3) is 2.05. The highest BCUT2D eigenvalue weighted by atomic mass is 15.2. The summed E-state index contributed by atoms with van der Waals surface area (Å²) in [5.41, 5.74) is 9.06. The van der Waals surface area contributed by atoms with Gasteiger partial charge in [-0.05, 0) is 30.0 Å². The van der Waals surface area contributed by atoms with Crippen LogP contribution in [0.25, 0.3) is 11.1 Å². The zero-order valence-corrected chi connectivity index (χ0v) is 9.57. The Labute approximate surface area is 94.9 Å². The average Bonchev–Trinajstić information content (AvgIpc) is 2.60. The number of nitrogens with zero attached hydrogens (tertiary/aromatic N) is 2. The van der Waals surface area contributed by atoms with Gasteiger partial charge in [0, 0.05) is 23.7 Å². The van der Waals surface area contributed by atoms with Gasteiger partial charge in [0.05, 0.1) is 0 Å². The molecule has 4 nitrogen and oxygen atoms in total. The van der Waals surface area contributed by atoms with E-state index >= 15 is 0 Å². The minimum atomic E-state index is 0.557. The Balaban J connectivity index is 2.43. The summed E-state index contributed by atoms with van der Waals surface area (Å²) in [6.45, 7) is 4.35. The molecular formula is C12H16N4. The van der Waals surface area contributed by atoms with Crippen LogP contribution in [0.2, 0.25) is 0 Å². The lowest BCUT2D eigenvalue weighted by Gasteiger charge is -2.06. The molecule has 0 radical (unpaired) electrons. The van der Waals surface area contributed by atoms with Crippen LogP contribution >= 0.6 is 0 Å². The number of H-pyrrole nitrogens is 1. The van der Waals surface area contributed by atoms with Gasteiger partial charge in [-0.1, -0.05) is 13.8 Å². The molecule has 4 heteroatoms. The normalized spacial score (nSPS) is 10.9. The average molecular weight is 216 g/mol. The molecule has 0 bridgehead atoms. The molecular weight excluding hydrogens is 200 g/mol. The van der Waals surface area contributed by atoms with Gasteiger partial charge in [-0.25, -0.2) is 0 Å². The maximum atomic E-state index is 5.89. The minimum absolute atomic E-state index is 0.557. The van der Waals surface area contributed by atoms with Gasteiger partial charge < -0.3 is 5.73 Å².